The predicted molar refractivity (Wildman–Crippen MR) is 77.6 cm³/mol. The van der Waals surface area contributed by atoms with E-state index in [2.05, 4.69) is 62.3 Å². The largest absolute Gasteiger partial charge is 0.394 e. The van der Waals surface area contributed by atoms with Crippen molar-refractivity contribution in [3.63, 3.8) is 0 Å². The second-order valence-electron chi connectivity index (χ2n) is 6.87. The summed E-state index contributed by atoms with van der Waals surface area (Å²) in [4.78, 5) is 0. The molecule has 0 fully saturated rings. The second-order valence-corrected chi connectivity index (χ2v) is 11.1. The van der Waals surface area contributed by atoms with E-state index in [0.717, 1.165) is 13.2 Å². The molecule has 0 aromatic heterocycles. The molecule has 0 aliphatic rings. The van der Waals surface area contributed by atoms with Gasteiger partial charge in [0.1, 0.15) is 0 Å². The first-order chi connectivity index (χ1) is 7.53. The third-order valence-corrected chi connectivity index (χ3v) is 9.16. The molecule has 0 aromatic rings. The lowest BCUT2D eigenvalue weighted by Gasteiger charge is -2.48. The van der Waals surface area contributed by atoms with Gasteiger partial charge in [0.2, 0.25) is 0 Å². The van der Waals surface area contributed by atoms with Crippen molar-refractivity contribution in [1.82, 2.24) is 0 Å². The van der Waals surface area contributed by atoms with Crippen molar-refractivity contribution >= 4 is 8.56 Å². The minimum Gasteiger partial charge on any atom is -0.394 e. The lowest BCUT2D eigenvalue weighted by atomic mass is 9.93. The molecule has 0 aliphatic heterocycles. The van der Waals surface area contributed by atoms with Gasteiger partial charge in [-0.2, -0.15) is 0 Å². The maximum absolute atomic E-state index is 6.24. The van der Waals surface area contributed by atoms with Crippen LogP contribution in [0.4, 0.5) is 0 Å². The first-order valence-corrected chi connectivity index (χ1v) is 8.70. The highest BCUT2D eigenvalue weighted by Gasteiger charge is 2.56. The summed E-state index contributed by atoms with van der Waals surface area (Å²) in [5, 5.41) is 0.0890. The molecule has 0 radical (unpaired) electrons. The highest BCUT2D eigenvalue weighted by atomic mass is 28.4. The SMILES string of the molecule is CCO[Si](OCC)(C(C)C(C)(C)C)C(C)(C)C. The van der Waals surface area contributed by atoms with Crippen LogP contribution in [0, 0.1) is 5.41 Å². The number of rotatable bonds is 5. The maximum atomic E-state index is 6.24. The van der Waals surface area contributed by atoms with Gasteiger partial charge >= 0.3 is 8.56 Å². The molecule has 0 saturated carbocycles. The van der Waals surface area contributed by atoms with Gasteiger partial charge in [-0.05, 0) is 19.3 Å². The molecule has 3 heteroatoms. The minimum absolute atomic E-state index is 0.0890. The van der Waals surface area contributed by atoms with Crippen LogP contribution in [0.15, 0.2) is 0 Å². The fourth-order valence-corrected chi connectivity index (χ4v) is 7.12. The quantitative estimate of drug-likeness (QED) is 0.665. The average molecular weight is 260 g/mol. The van der Waals surface area contributed by atoms with Crippen molar-refractivity contribution in [3.8, 4) is 0 Å². The van der Waals surface area contributed by atoms with E-state index in [1.807, 2.05) is 0 Å². The summed E-state index contributed by atoms with van der Waals surface area (Å²) in [6.45, 7) is 21.5. The summed E-state index contributed by atoms with van der Waals surface area (Å²) in [7, 11) is -2.24. The predicted octanol–water partition coefficient (Wildman–Crippen LogP) is 4.74. The van der Waals surface area contributed by atoms with Crippen LogP contribution >= 0.6 is 0 Å². The number of hydrogen-bond acceptors (Lipinski definition) is 2. The van der Waals surface area contributed by atoms with Crippen LogP contribution in [-0.2, 0) is 8.85 Å². The van der Waals surface area contributed by atoms with E-state index in [9.17, 15) is 0 Å². The second kappa shape index (κ2) is 5.85. The van der Waals surface area contributed by atoms with Crippen molar-refractivity contribution in [1.29, 1.82) is 0 Å². The standard InChI is InChI=1S/C14H32O2Si/c1-10-15-17(16-11-2,14(7,8)9)12(3)13(4,5)6/h12H,10-11H2,1-9H3. The molecule has 0 spiro atoms. The third kappa shape index (κ3) is 3.80. The summed E-state index contributed by atoms with van der Waals surface area (Å²) in [5.74, 6) is 0. The normalized spacial score (nSPS) is 16.1. The van der Waals surface area contributed by atoms with Crippen LogP contribution < -0.4 is 0 Å². The Morgan fingerprint density at radius 1 is 0.882 bits per heavy atom. The first kappa shape index (κ1) is 17.1. The van der Waals surface area contributed by atoms with E-state index in [1.165, 1.54) is 0 Å². The van der Waals surface area contributed by atoms with Gasteiger partial charge in [0.15, 0.2) is 0 Å². The lowest BCUT2D eigenvalue weighted by molar-refractivity contribution is 0.132. The summed E-state index contributed by atoms with van der Waals surface area (Å²) in [6.07, 6.45) is 0. The molecule has 0 saturated heterocycles. The molecule has 0 rings (SSSR count). The molecule has 0 aromatic carbocycles. The molecule has 1 unspecified atom stereocenters. The topological polar surface area (TPSA) is 18.5 Å². The summed E-state index contributed by atoms with van der Waals surface area (Å²) < 4.78 is 12.5. The van der Waals surface area contributed by atoms with E-state index < -0.39 is 8.56 Å². The monoisotopic (exact) mass is 260 g/mol. The van der Waals surface area contributed by atoms with Crippen LogP contribution in [0.3, 0.4) is 0 Å². The molecule has 0 amide bonds. The Labute approximate surface area is 109 Å². The van der Waals surface area contributed by atoms with E-state index in [-0.39, 0.29) is 10.5 Å². The Kier molecular flexibility index (Phi) is 5.90. The summed E-state index contributed by atoms with van der Waals surface area (Å²) in [6, 6.07) is 0. The van der Waals surface area contributed by atoms with Crippen molar-refractivity contribution < 1.29 is 8.85 Å². The van der Waals surface area contributed by atoms with Crippen LogP contribution in [0.1, 0.15) is 62.3 Å². The third-order valence-electron chi connectivity index (χ3n) is 3.63. The van der Waals surface area contributed by atoms with Gasteiger partial charge in [-0.15, -0.1) is 0 Å². The van der Waals surface area contributed by atoms with Crippen molar-refractivity contribution in [2.75, 3.05) is 13.2 Å². The van der Waals surface area contributed by atoms with Crippen LogP contribution in [-0.4, -0.2) is 21.8 Å². The molecule has 104 valence electrons. The molecule has 0 bridgehead atoms. The zero-order valence-electron chi connectivity index (χ0n) is 13.3. The Balaban J connectivity index is 5.47. The Hall–Kier alpha value is 0.137. The first-order valence-electron chi connectivity index (χ1n) is 6.80. The minimum atomic E-state index is -2.24. The molecule has 0 heterocycles. The average Bonchev–Trinajstić information content (AvgIpc) is 2.12. The maximum Gasteiger partial charge on any atom is 0.347 e. The van der Waals surface area contributed by atoms with E-state index >= 15 is 0 Å². The van der Waals surface area contributed by atoms with Crippen LogP contribution in [0.5, 0.6) is 0 Å². The van der Waals surface area contributed by atoms with Gasteiger partial charge in [-0.3, -0.25) is 0 Å². The van der Waals surface area contributed by atoms with Gasteiger partial charge in [0.05, 0.1) is 0 Å². The van der Waals surface area contributed by atoms with Gasteiger partial charge < -0.3 is 8.85 Å². The van der Waals surface area contributed by atoms with E-state index in [0.29, 0.717) is 5.54 Å². The highest BCUT2D eigenvalue weighted by molar-refractivity contribution is 6.72. The lowest BCUT2D eigenvalue weighted by Crippen LogP contribution is -2.56. The van der Waals surface area contributed by atoms with E-state index in [1.54, 1.807) is 0 Å². The molecule has 0 aliphatic carbocycles. The Morgan fingerprint density at radius 2 is 1.24 bits per heavy atom. The smallest absolute Gasteiger partial charge is 0.347 e. The fraction of sp³-hybridized carbons (Fsp3) is 1.00. The highest BCUT2D eigenvalue weighted by Crippen LogP contribution is 2.51. The molecule has 0 N–H and O–H groups in total. The molecular formula is C14H32O2Si. The van der Waals surface area contributed by atoms with Crippen molar-refractivity contribution in [2.45, 2.75) is 72.9 Å². The van der Waals surface area contributed by atoms with Crippen molar-refractivity contribution in [2.24, 2.45) is 5.41 Å². The molecule has 17 heavy (non-hydrogen) atoms. The van der Waals surface area contributed by atoms with Gasteiger partial charge in [0.25, 0.3) is 0 Å². The summed E-state index contributed by atoms with van der Waals surface area (Å²) >= 11 is 0. The van der Waals surface area contributed by atoms with Crippen LogP contribution in [0.25, 0.3) is 0 Å². The van der Waals surface area contributed by atoms with Gasteiger partial charge in [-0.25, -0.2) is 0 Å². The van der Waals surface area contributed by atoms with Gasteiger partial charge in [-0.1, -0.05) is 48.5 Å². The molecular weight excluding hydrogens is 228 g/mol. The van der Waals surface area contributed by atoms with Gasteiger partial charge in [0, 0.05) is 23.8 Å². The fourth-order valence-electron chi connectivity index (χ4n) is 2.37. The summed E-state index contributed by atoms with van der Waals surface area (Å²) in [5.41, 5.74) is 0.666. The Bertz CT molecular complexity index is 219. The molecule has 1 atom stereocenters. The zero-order valence-corrected chi connectivity index (χ0v) is 14.3. The molecule has 2 nitrogen and oxygen atoms in total. The Morgan fingerprint density at radius 3 is 1.41 bits per heavy atom. The van der Waals surface area contributed by atoms with Crippen LogP contribution in [0.2, 0.25) is 10.6 Å². The zero-order chi connectivity index (χ0) is 13.9. The van der Waals surface area contributed by atoms with Crippen molar-refractivity contribution in [3.05, 3.63) is 0 Å². The van der Waals surface area contributed by atoms with E-state index in [4.69, 9.17) is 8.85 Å². The number of hydrogen-bond donors (Lipinski definition) is 0.